The monoisotopic (exact) mass is 356 g/mol. The van der Waals surface area contributed by atoms with Crippen LogP contribution >= 0.6 is 0 Å². The van der Waals surface area contributed by atoms with Crippen molar-refractivity contribution in [3.05, 3.63) is 65.4 Å². The van der Waals surface area contributed by atoms with Gasteiger partial charge in [-0.2, -0.15) is 5.10 Å². The minimum Gasteiger partial charge on any atom is -0.383 e. The molecule has 0 aliphatic rings. The van der Waals surface area contributed by atoms with E-state index in [0.717, 1.165) is 0 Å². The molecule has 1 amide bonds. The van der Waals surface area contributed by atoms with E-state index in [0.29, 0.717) is 29.1 Å². The largest absolute Gasteiger partial charge is 0.383 e. The Labute approximate surface area is 151 Å². The first-order valence-electron chi connectivity index (χ1n) is 8.35. The van der Waals surface area contributed by atoms with Crippen LogP contribution in [0.25, 0.3) is 5.65 Å². The lowest BCUT2D eigenvalue weighted by molar-refractivity contribution is 0.0540. The highest BCUT2D eigenvalue weighted by Gasteiger charge is 2.24. The molecule has 3 rings (SSSR count). The van der Waals surface area contributed by atoms with Gasteiger partial charge in [-0.15, -0.1) is 0 Å². The fourth-order valence-corrected chi connectivity index (χ4v) is 2.95. The molecule has 0 aliphatic carbocycles. The van der Waals surface area contributed by atoms with Crippen LogP contribution in [0.15, 0.2) is 42.7 Å². The summed E-state index contributed by atoms with van der Waals surface area (Å²) in [7, 11) is 1.59. The second-order valence-electron chi connectivity index (χ2n) is 6.23. The highest BCUT2D eigenvalue weighted by molar-refractivity contribution is 5.95. The molecule has 0 bridgehead atoms. The van der Waals surface area contributed by atoms with Crippen LogP contribution in [0, 0.1) is 12.7 Å². The summed E-state index contributed by atoms with van der Waals surface area (Å²) in [6.45, 7) is 4.38. The fourth-order valence-electron chi connectivity index (χ4n) is 2.95. The standard InChI is InChI=1S/C19H21FN4O2/c1-13(12-26-3)23(11-15-5-4-6-16(20)9-15)19(25)17-10-21-18-7-8-22-24(18)14(17)2/h4-10,13H,11-12H2,1-3H3. The normalized spacial score (nSPS) is 12.3. The quantitative estimate of drug-likeness (QED) is 0.681. The molecule has 6 nitrogen and oxygen atoms in total. The Morgan fingerprint density at radius 2 is 2.19 bits per heavy atom. The zero-order chi connectivity index (χ0) is 18.7. The average Bonchev–Trinajstić information content (AvgIpc) is 3.09. The van der Waals surface area contributed by atoms with Crippen LogP contribution in [0.5, 0.6) is 0 Å². The molecule has 0 saturated heterocycles. The van der Waals surface area contributed by atoms with Crippen molar-refractivity contribution in [3.8, 4) is 0 Å². The Kier molecular flexibility index (Phi) is 5.27. The highest BCUT2D eigenvalue weighted by atomic mass is 19.1. The van der Waals surface area contributed by atoms with Gasteiger partial charge in [-0.25, -0.2) is 13.9 Å². The smallest absolute Gasteiger partial charge is 0.257 e. The Hall–Kier alpha value is -2.80. The minimum absolute atomic E-state index is 0.191. The van der Waals surface area contributed by atoms with Gasteiger partial charge in [0.15, 0.2) is 5.65 Å². The number of hydrogen-bond acceptors (Lipinski definition) is 4. The van der Waals surface area contributed by atoms with E-state index >= 15 is 0 Å². The van der Waals surface area contributed by atoms with Gasteiger partial charge in [0.2, 0.25) is 0 Å². The molecule has 1 unspecified atom stereocenters. The summed E-state index contributed by atoms with van der Waals surface area (Å²) in [6, 6.07) is 7.83. The molecule has 1 atom stereocenters. The van der Waals surface area contributed by atoms with Crippen LogP contribution < -0.4 is 0 Å². The van der Waals surface area contributed by atoms with Crippen molar-refractivity contribution >= 4 is 11.6 Å². The van der Waals surface area contributed by atoms with Crippen molar-refractivity contribution in [2.45, 2.75) is 26.4 Å². The summed E-state index contributed by atoms with van der Waals surface area (Å²) in [5.41, 5.74) is 2.56. The van der Waals surface area contributed by atoms with Crippen LogP contribution in [0.2, 0.25) is 0 Å². The van der Waals surface area contributed by atoms with Crippen LogP contribution in [-0.2, 0) is 11.3 Å². The SMILES string of the molecule is COCC(C)N(Cc1cccc(F)c1)C(=O)c1cnc2ccnn2c1C. The molecular weight excluding hydrogens is 335 g/mol. The minimum atomic E-state index is -0.329. The van der Waals surface area contributed by atoms with Gasteiger partial charge in [0.1, 0.15) is 5.82 Å². The number of amides is 1. The first-order chi connectivity index (χ1) is 12.5. The molecule has 26 heavy (non-hydrogen) atoms. The third-order valence-corrected chi connectivity index (χ3v) is 4.33. The highest BCUT2D eigenvalue weighted by Crippen LogP contribution is 2.17. The molecule has 1 aromatic carbocycles. The lowest BCUT2D eigenvalue weighted by Gasteiger charge is -2.29. The molecule has 2 aromatic heterocycles. The maximum atomic E-state index is 13.5. The number of benzene rings is 1. The lowest BCUT2D eigenvalue weighted by Crippen LogP contribution is -2.41. The average molecular weight is 356 g/mol. The van der Waals surface area contributed by atoms with E-state index in [2.05, 4.69) is 10.1 Å². The fraction of sp³-hybridized carbons (Fsp3) is 0.316. The van der Waals surface area contributed by atoms with Gasteiger partial charge in [-0.05, 0) is 31.5 Å². The molecule has 0 fully saturated rings. The van der Waals surface area contributed by atoms with Crippen molar-refractivity contribution in [2.75, 3.05) is 13.7 Å². The number of halogens is 1. The molecule has 0 spiro atoms. The van der Waals surface area contributed by atoms with E-state index in [1.807, 2.05) is 13.8 Å². The summed E-state index contributed by atoms with van der Waals surface area (Å²) in [5, 5.41) is 4.21. The van der Waals surface area contributed by atoms with Gasteiger partial charge in [0.25, 0.3) is 5.91 Å². The Bertz CT molecular complexity index is 925. The summed E-state index contributed by atoms with van der Waals surface area (Å²) >= 11 is 0. The van der Waals surface area contributed by atoms with Gasteiger partial charge in [0.05, 0.1) is 30.1 Å². The van der Waals surface area contributed by atoms with Gasteiger partial charge in [0, 0.05) is 25.9 Å². The van der Waals surface area contributed by atoms with Crippen LogP contribution in [0.4, 0.5) is 4.39 Å². The number of carbonyl (C=O) groups is 1. The number of aromatic nitrogens is 3. The summed E-state index contributed by atoms with van der Waals surface area (Å²) in [5.74, 6) is -0.522. The first kappa shape index (κ1) is 18.0. The number of fused-ring (bicyclic) bond motifs is 1. The van der Waals surface area contributed by atoms with Gasteiger partial charge in [-0.3, -0.25) is 4.79 Å². The summed E-state index contributed by atoms with van der Waals surface area (Å²) in [4.78, 5) is 19.2. The predicted molar refractivity (Wildman–Crippen MR) is 95.3 cm³/mol. The maximum absolute atomic E-state index is 13.5. The van der Waals surface area contributed by atoms with E-state index < -0.39 is 0 Å². The van der Waals surface area contributed by atoms with Crippen LogP contribution in [-0.4, -0.2) is 45.2 Å². The number of aryl methyl sites for hydroxylation is 1. The number of carbonyl (C=O) groups excluding carboxylic acids is 1. The summed E-state index contributed by atoms with van der Waals surface area (Å²) < 4.78 is 20.4. The third-order valence-electron chi connectivity index (χ3n) is 4.33. The second-order valence-corrected chi connectivity index (χ2v) is 6.23. The van der Waals surface area contributed by atoms with E-state index in [-0.39, 0.29) is 24.3 Å². The van der Waals surface area contributed by atoms with E-state index in [9.17, 15) is 9.18 Å². The zero-order valence-corrected chi connectivity index (χ0v) is 15.0. The van der Waals surface area contributed by atoms with E-state index in [1.165, 1.54) is 12.1 Å². The third kappa shape index (κ3) is 3.57. The number of methoxy groups -OCH3 is 1. The molecule has 0 N–H and O–H groups in total. The van der Waals surface area contributed by atoms with Crippen molar-refractivity contribution < 1.29 is 13.9 Å². The zero-order valence-electron chi connectivity index (χ0n) is 15.0. The molecular formula is C19H21FN4O2. The molecule has 7 heteroatoms. The van der Waals surface area contributed by atoms with Gasteiger partial charge in [-0.1, -0.05) is 12.1 Å². The first-order valence-corrected chi connectivity index (χ1v) is 8.35. The molecule has 2 heterocycles. The van der Waals surface area contributed by atoms with E-state index in [4.69, 9.17) is 4.74 Å². The van der Waals surface area contributed by atoms with Crippen molar-refractivity contribution in [2.24, 2.45) is 0 Å². The molecule has 0 saturated carbocycles. The Morgan fingerprint density at radius 1 is 1.38 bits per heavy atom. The topological polar surface area (TPSA) is 59.7 Å². The molecule has 0 aliphatic heterocycles. The van der Waals surface area contributed by atoms with Crippen LogP contribution in [0.1, 0.15) is 28.5 Å². The molecule has 0 radical (unpaired) electrons. The second kappa shape index (κ2) is 7.61. The van der Waals surface area contributed by atoms with Crippen LogP contribution in [0.3, 0.4) is 0 Å². The number of nitrogens with zero attached hydrogens (tertiary/aromatic N) is 4. The van der Waals surface area contributed by atoms with Gasteiger partial charge >= 0.3 is 0 Å². The lowest BCUT2D eigenvalue weighted by atomic mass is 10.1. The van der Waals surface area contributed by atoms with Crippen molar-refractivity contribution in [1.29, 1.82) is 0 Å². The van der Waals surface area contributed by atoms with Gasteiger partial charge < -0.3 is 9.64 Å². The number of ether oxygens (including phenoxy) is 1. The molecule has 3 aromatic rings. The predicted octanol–water partition coefficient (Wildman–Crippen LogP) is 2.85. The molecule has 136 valence electrons. The maximum Gasteiger partial charge on any atom is 0.257 e. The van der Waals surface area contributed by atoms with Crippen molar-refractivity contribution in [1.82, 2.24) is 19.5 Å². The van der Waals surface area contributed by atoms with Crippen molar-refractivity contribution in [3.63, 3.8) is 0 Å². The Balaban J connectivity index is 1.96. The number of hydrogen-bond donors (Lipinski definition) is 0. The van der Waals surface area contributed by atoms with E-state index in [1.54, 1.807) is 47.1 Å². The Morgan fingerprint density at radius 3 is 2.92 bits per heavy atom. The number of rotatable bonds is 6. The summed E-state index contributed by atoms with van der Waals surface area (Å²) in [6.07, 6.45) is 3.20.